The Morgan fingerprint density at radius 1 is 0.923 bits per heavy atom. The van der Waals surface area contributed by atoms with Crippen molar-refractivity contribution in [3.8, 4) is 5.69 Å². The second-order valence-corrected chi connectivity index (χ2v) is 11.2. The summed E-state index contributed by atoms with van der Waals surface area (Å²) >= 11 is 0. The van der Waals surface area contributed by atoms with Crippen molar-refractivity contribution in [1.82, 2.24) is 14.7 Å². The molecule has 2 aliphatic rings. The molecule has 3 N–H and O–H groups in total. The standard InChI is InChI=1S/C33H37N5O/c1-23-17-31(38(36-23)30-12-5-7-26(18-30)20-34)33(39)35-29-11-6-10-28(19-29)32(27-8-3-2-4-9-27)37(21-24-13-14-24)22-25-15-16-25/h2-12,17-19,24-25,32H,13-16,20-22,34H2,1H3,(H,35,39). The van der Waals surface area contributed by atoms with Crippen LogP contribution >= 0.6 is 0 Å². The number of nitrogens with zero attached hydrogens (tertiary/aromatic N) is 3. The first-order chi connectivity index (χ1) is 19.1. The van der Waals surface area contributed by atoms with Crippen molar-refractivity contribution >= 4 is 11.6 Å². The zero-order chi connectivity index (χ0) is 26.8. The van der Waals surface area contributed by atoms with Crippen molar-refractivity contribution < 1.29 is 4.79 Å². The Kier molecular flexibility index (Phi) is 7.31. The van der Waals surface area contributed by atoms with Gasteiger partial charge in [0.1, 0.15) is 5.69 Å². The summed E-state index contributed by atoms with van der Waals surface area (Å²) in [6, 6.07) is 29.0. The predicted molar refractivity (Wildman–Crippen MR) is 156 cm³/mol. The highest BCUT2D eigenvalue weighted by molar-refractivity contribution is 6.03. The molecule has 0 radical (unpaired) electrons. The Labute approximate surface area is 230 Å². The van der Waals surface area contributed by atoms with E-state index in [0.717, 1.165) is 47.6 Å². The van der Waals surface area contributed by atoms with Crippen LogP contribution in [-0.4, -0.2) is 33.7 Å². The monoisotopic (exact) mass is 519 g/mol. The average Bonchev–Trinajstić information content (AvgIpc) is 3.90. The van der Waals surface area contributed by atoms with Crippen molar-refractivity contribution in [2.75, 3.05) is 18.4 Å². The van der Waals surface area contributed by atoms with E-state index in [-0.39, 0.29) is 11.9 Å². The first-order valence-corrected chi connectivity index (χ1v) is 14.1. The third kappa shape index (κ3) is 6.13. The minimum Gasteiger partial charge on any atom is -0.326 e. The normalized spacial score (nSPS) is 15.9. The van der Waals surface area contributed by atoms with Gasteiger partial charge in [0.25, 0.3) is 5.91 Å². The molecule has 6 nitrogen and oxygen atoms in total. The Bertz CT molecular complexity index is 1420. The number of carbonyl (C=O) groups excluding carboxylic acids is 1. The number of amides is 1. The summed E-state index contributed by atoms with van der Waals surface area (Å²) in [5.41, 5.74) is 12.2. The summed E-state index contributed by atoms with van der Waals surface area (Å²) in [6.07, 6.45) is 5.33. The molecule has 2 fully saturated rings. The quantitative estimate of drug-likeness (QED) is 0.251. The number of hydrogen-bond donors (Lipinski definition) is 2. The number of rotatable bonds is 11. The van der Waals surface area contributed by atoms with Crippen LogP contribution in [0.2, 0.25) is 0 Å². The lowest BCUT2D eigenvalue weighted by atomic mass is 9.95. The van der Waals surface area contributed by atoms with Crippen LogP contribution in [0.4, 0.5) is 5.69 Å². The number of nitrogens with one attached hydrogen (secondary N) is 1. The lowest BCUT2D eigenvalue weighted by Gasteiger charge is -2.33. The predicted octanol–water partition coefficient (Wildman–Crippen LogP) is 6.10. The van der Waals surface area contributed by atoms with Crippen LogP contribution in [0.25, 0.3) is 5.69 Å². The highest BCUT2D eigenvalue weighted by Crippen LogP contribution is 2.39. The maximum Gasteiger partial charge on any atom is 0.274 e. The lowest BCUT2D eigenvalue weighted by Crippen LogP contribution is -2.33. The number of nitrogens with two attached hydrogens (primary N) is 1. The van der Waals surface area contributed by atoms with E-state index in [0.29, 0.717) is 12.2 Å². The molecule has 1 amide bonds. The molecule has 2 saturated carbocycles. The molecule has 200 valence electrons. The summed E-state index contributed by atoms with van der Waals surface area (Å²) in [6.45, 7) is 4.60. The zero-order valence-corrected chi connectivity index (χ0v) is 22.6. The zero-order valence-electron chi connectivity index (χ0n) is 22.6. The van der Waals surface area contributed by atoms with Gasteiger partial charge >= 0.3 is 0 Å². The van der Waals surface area contributed by atoms with Gasteiger partial charge in [-0.25, -0.2) is 4.68 Å². The van der Waals surface area contributed by atoms with E-state index in [1.54, 1.807) is 4.68 Å². The van der Waals surface area contributed by atoms with Crippen molar-refractivity contribution in [1.29, 1.82) is 0 Å². The van der Waals surface area contributed by atoms with Gasteiger partial charge < -0.3 is 11.1 Å². The summed E-state index contributed by atoms with van der Waals surface area (Å²) in [5.74, 6) is 1.42. The minimum atomic E-state index is -0.185. The van der Waals surface area contributed by atoms with Crippen LogP contribution in [-0.2, 0) is 6.54 Å². The highest BCUT2D eigenvalue weighted by atomic mass is 16.2. The first kappa shape index (κ1) is 25.5. The van der Waals surface area contributed by atoms with Crippen LogP contribution in [0.5, 0.6) is 0 Å². The lowest BCUT2D eigenvalue weighted by molar-refractivity contribution is 0.101. The highest BCUT2D eigenvalue weighted by Gasteiger charge is 2.34. The summed E-state index contributed by atoms with van der Waals surface area (Å²) < 4.78 is 1.70. The number of benzene rings is 3. The molecule has 4 aromatic rings. The molecule has 0 saturated heterocycles. The van der Waals surface area contributed by atoms with Gasteiger partial charge in [-0.05, 0) is 91.5 Å². The number of hydrogen-bond acceptors (Lipinski definition) is 4. The second kappa shape index (κ2) is 11.2. The molecule has 2 aliphatic carbocycles. The maximum atomic E-state index is 13.6. The molecule has 0 aliphatic heterocycles. The van der Waals surface area contributed by atoms with Crippen molar-refractivity contribution in [2.24, 2.45) is 17.6 Å². The number of aryl methyl sites for hydroxylation is 1. The molecule has 3 aromatic carbocycles. The van der Waals surface area contributed by atoms with Crippen molar-refractivity contribution in [2.45, 2.75) is 45.2 Å². The van der Waals surface area contributed by atoms with E-state index in [4.69, 9.17) is 5.73 Å². The van der Waals surface area contributed by atoms with E-state index < -0.39 is 0 Å². The third-order valence-corrected chi connectivity index (χ3v) is 7.77. The van der Waals surface area contributed by atoms with E-state index in [9.17, 15) is 4.79 Å². The van der Waals surface area contributed by atoms with Gasteiger partial charge in [-0.3, -0.25) is 9.69 Å². The fourth-order valence-corrected chi connectivity index (χ4v) is 5.45. The third-order valence-electron chi connectivity index (χ3n) is 7.77. The summed E-state index contributed by atoms with van der Waals surface area (Å²) in [7, 11) is 0. The Hall–Kier alpha value is -3.74. The molecule has 1 unspecified atom stereocenters. The van der Waals surface area contributed by atoms with Crippen molar-refractivity contribution in [3.05, 3.63) is 113 Å². The van der Waals surface area contributed by atoms with E-state index in [1.165, 1.54) is 36.8 Å². The number of carbonyl (C=O) groups is 1. The minimum absolute atomic E-state index is 0.163. The van der Waals surface area contributed by atoms with Crippen LogP contribution in [0.1, 0.15) is 64.6 Å². The Balaban J connectivity index is 1.29. The van der Waals surface area contributed by atoms with E-state index in [1.807, 2.05) is 43.3 Å². The van der Waals surface area contributed by atoms with E-state index >= 15 is 0 Å². The Morgan fingerprint density at radius 2 is 1.62 bits per heavy atom. The summed E-state index contributed by atoms with van der Waals surface area (Å²) in [5, 5.41) is 7.76. The van der Waals surface area contributed by atoms with Gasteiger partial charge in [-0.1, -0.05) is 54.6 Å². The molecule has 1 heterocycles. The molecule has 6 heteroatoms. The van der Waals surface area contributed by atoms with Gasteiger partial charge in [0.15, 0.2) is 0 Å². The van der Waals surface area contributed by atoms with Gasteiger partial charge in [0, 0.05) is 25.3 Å². The van der Waals surface area contributed by atoms with Gasteiger partial charge in [-0.15, -0.1) is 0 Å². The molecule has 1 atom stereocenters. The molecule has 6 rings (SSSR count). The largest absolute Gasteiger partial charge is 0.326 e. The maximum absolute atomic E-state index is 13.6. The topological polar surface area (TPSA) is 76.2 Å². The van der Waals surface area contributed by atoms with Gasteiger partial charge in [-0.2, -0.15) is 5.10 Å². The van der Waals surface area contributed by atoms with Crippen LogP contribution in [0.3, 0.4) is 0 Å². The molecular formula is C33H37N5O. The van der Waals surface area contributed by atoms with Crippen LogP contribution in [0, 0.1) is 18.8 Å². The molecular weight excluding hydrogens is 482 g/mol. The van der Waals surface area contributed by atoms with Crippen LogP contribution in [0.15, 0.2) is 84.9 Å². The fraction of sp³-hybridized carbons (Fsp3) is 0.333. The first-order valence-electron chi connectivity index (χ1n) is 14.1. The average molecular weight is 520 g/mol. The molecule has 0 bridgehead atoms. The van der Waals surface area contributed by atoms with Gasteiger partial charge in [0.2, 0.25) is 0 Å². The molecule has 1 aromatic heterocycles. The van der Waals surface area contributed by atoms with Gasteiger partial charge in [0.05, 0.1) is 17.4 Å². The fourth-order valence-electron chi connectivity index (χ4n) is 5.45. The number of aromatic nitrogens is 2. The second-order valence-electron chi connectivity index (χ2n) is 11.2. The smallest absolute Gasteiger partial charge is 0.274 e. The van der Waals surface area contributed by atoms with E-state index in [2.05, 4.69) is 63.8 Å². The molecule has 0 spiro atoms. The SMILES string of the molecule is Cc1cc(C(=O)Nc2cccc(C(c3ccccc3)N(CC3CC3)CC3CC3)c2)n(-c2cccc(CN)c2)n1. The molecule has 39 heavy (non-hydrogen) atoms. The summed E-state index contributed by atoms with van der Waals surface area (Å²) in [4.78, 5) is 16.3. The van der Waals surface area contributed by atoms with Crippen LogP contribution < -0.4 is 11.1 Å². The Morgan fingerprint density at radius 3 is 2.31 bits per heavy atom. The number of anilines is 1. The van der Waals surface area contributed by atoms with Crippen molar-refractivity contribution in [3.63, 3.8) is 0 Å².